The summed E-state index contributed by atoms with van der Waals surface area (Å²) in [7, 11) is 1.32. The van der Waals surface area contributed by atoms with E-state index < -0.39 is 5.97 Å². The van der Waals surface area contributed by atoms with E-state index in [2.05, 4.69) is 4.98 Å². The van der Waals surface area contributed by atoms with Gasteiger partial charge in [0, 0.05) is 13.2 Å². The van der Waals surface area contributed by atoms with Gasteiger partial charge in [0.2, 0.25) is 0 Å². The van der Waals surface area contributed by atoms with Gasteiger partial charge < -0.3 is 19.9 Å². The summed E-state index contributed by atoms with van der Waals surface area (Å²) < 4.78 is 15.7. The molecule has 1 aromatic heterocycles. The van der Waals surface area contributed by atoms with Crippen molar-refractivity contribution in [1.29, 1.82) is 0 Å². The first kappa shape index (κ1) is 13.6. The predicted octanol–water partition coefficient (Wildman–Crippen LogP) is 1.26. The number of hydrogen-bond acceptors (Lipinski definition) is 6. The topological polar surface area (TPSA) is 83.7 Å². The molecule has 104 valence electrons. The summed E-state index contributed by atoms with van der Waals surface area (Å²) in [6.07, 6.45) is 3.40. The standard InChI is InChI=1S/C13H18N2O4/c1-17-13(16)10-6-12(14)15-7-11(10)19-8-9-2-4-18-5-3-9/h6-7,9H,2-5,8H2,1H3,(H2,14,15). The number of methoxy groups -OCH3 is 1. The van der Waals surface area contributed by atoms with Gasteiger partial charge in [-0.05, 0) is 24.8 Å². The fourth-order valence-corrected chi connectivity index (χ4v) is 1.96. The van der Waals surface area contributed by atoms with Gasteiger partial charge in [-0.25, -0.2) is 9.78 Å². The third-order valence-corrected chi connectivity index (χ3v) is 3.11. The lowest BCUT2D eigenvalue weighted by molar-refractivity contribution is 0.0483. The summed E-state index contributed by atoms with van der Waals surface area (Å²) >= 11 is 0. The molecule has 0 atom stereocenters. The van der Waals surface area contributed by atoms with Crippen molar-refractivity contribution >= 4 is 11.8 Å². The molecule has 0 amide bonds. The van der Waals surface area contributed by atoms with Crippen LogP contribution < -0.4 is 10.5 Å². The van der Waals surface area contributed by atoms with Gasteiger partial charge in [0.25, 0.3) is 0 Å². The molecule has 0 radical (unpaired) electrons. The Balaban J connectivity index is 2.04. The molecule has 0 saturated carbocycles. The molecule has 19 heavy (non-hydrogen) atoms. The average molecular weight is 266 g/mol. The van der Waals surface area contributed by atoms with Crippen LogP contribution in [0.2, 0.25) is 0 Å². The first-order valence-corrected chi connectivity index (χ1v) is 6.25. The molecule has 1 aromatic rings. The third-order valence-electron chi connectivity index (χ3n) is 3.11. The van der Waals surface area contributed by atoms with Crippen molar-refractivity contribution in [2.75, 3.05) is 32.7 Å². The van der Waals surface area contributed by atoms with E-state index in [9.17, 15) is 4.79 Å². The molecule has 1 saturated heterocycles. The molecule has 0 spiro atoms. The Labute approximate surface area is 111 Å². The highest BCUT2D eigenvalue weighted by molar-refractivity contribution is 5.93. The van der Waals surface area contributed by atoms with Gasteiger partial charge in [0.15, 0.2) is 5.75 Å². The number of esters is 1. The molecule has 1 aliphatic rings. The van der Waals surface area contributed by atoms with Crippen molar-refractivity contribution in [2.24, 2.45) is 5.92 Å². The minimum Gasteiger partial charge on any atom is -0.491 e. The summed E-state index contributed by atoms with van der Waals surface area (Å²) in [5.74, 6) is 0.638. The van der Waals surface area contributed by atoms with E-state index in [1.165, 1.54) is 19.4 Å². The highest BCUT2D eigenvalue weighted by atomic mass is 16.5. The molecule has 0 unspecified atom stereocenters. The highest BCUT2D eigenvalue weighted by Crippen LogP contribution is 2.22. The second-order valence-electron chi connectivity index (χ2n) is 4.46. The van der Waals surface area contributed by atoms with Crippen LogP contribution in [0, 0.1) is 5.92 Å². The Bertz CT molecular complexity index is 444. The molecule has 2 N–H and O–H groups in total. The lowest BCUT2D eigenvalue weighted by Crippen LogP contribution is -2.22. The van der Waals surface area contributed by atoms with Crippen molar-refractivity contribution in [3.63, 3.8) is 0 Å². The average Bonchev–Trinajstić information content (AvgIpc) is 2.46. The second kappa shape index (κ2) is 6.38. The Hall–Kier alpha value is -1.82. The number of aromatic nitrogens is 1. The molecule has 2 rings (SSSR count). The van der Waals surface area contributed by atoms with E-state index in [0.717, 1.165) is 26.1 Å². The van der Waals surface area contributed by atoms with Crippen LogP contribution in [-0.4, -0.2) is 37.9 Å². The SMILES string of the molecule is COC(=O)c1cc(N)ncc1OCC1CCOCC1. The van der Waals surface area contributed by atoms with E-state index in [1.54, 1.807) is 0 Å². The monoisotopic (exact) mass is 266 g/mol. The normalized spacial score (nSPS) is 16.1. The predicted molar refractivity (Wildman–Crippen MR) is 69.0 cm³/mol. The van der Waals surface area contributed by atoms with Gasteiger partial charge in [-0.2, -0.15) is 0 Å². The number of nitrogen functional groups attached to an aromatic ring is 1. The lowest BCUT2D eigenvalue weighted by Gasteiger charge is -2.22. The van der Waals surface area contributed by atoms with Crippen LogP contribution in [0.3, 0.4) is 0 Å². The van der Waals surface area contributed by atoms with Crippen molar-refractivity contribution in [1.82, 2.24) is 4.98 Å². The fraction of sp³-hybridized carbons (Fsp3) is 0.538. The van der Waals surface area contributed by atoms with E-state index in [-0.39, 0.29) is 5.82 Å². The Kier molecular flexibility index (Phi) is 4.57. The van der Waals surface area contributed by atoms with Crippen LogP contribution in [0.15, 0.2) is 12.3 Å². The zero-order valence-electron chi connectivity index (χ0n) is 10.9. The number of ether oxygens (including phenoxy) is 3. The van der Waals surface area contributed by atoms with E-state index in [1.807, 2.05) is 0 Å². The zero-order chi connectivity index (χ0) is 13.7. The molecule has 0 aromatic carbocycles. The Morgan fingerprint density at radius 3 is 2.95 bits per heavy atom. The second-order valence-corrected chi connectivity index (χ2v) is 4.46. The Morgan fingerprint density at radius 2 is 2.26 bits per heavy atom. The van der Waals surface area contributed by atoms with Gasteiger partial charge in [0.05, 0.1) is 19.9 Å². The van der Waals surface area contributed by atoms with Gasteiger partial charge in [-0.1, -0.05) is 0 Å². The molecule has 1 aliphatic heterocycles. The lowest BCUT2D eigenvalue weighted by atomic mass is 10.0. The molecular weight excluding hydrogens is 248 g/mol. The molecule has 0 bridgehead atoms. The fourth-order valence-electron chi connectivity index (χ4n) is 1.96. The zero-order valence-corrected chi connectivity index (χ0v) is 10.9. The van der Waals surface area contributed by atoms with Crippen LogP contribution in [-0.2, 0) is 9.47 Å². The summed E-state index contributed by atoms with van der Waals surface area (Å²) in [5, 5.41) is 0. The van der Waals surface area contributed by atoms with Gasteiger partial charge >= 0.3 is 5.97 Å². The van der Waals surface area contributed by atoms with E-state index in [4.69, 9.17) is 19.9 Å². The number of carbonyl (C=O) groups is 1. The highest BCUT2D eigenvalue weighted by Gasteiger charge is 2.18. The molecule has 6 nitrogen and oxygen atoms in total. The van der Waals surface area contributed by atoms with Gasteiger partial charge in [0.1, 0.15) is 11.4 Å². The maximum atomic E-state index is 11.6. The van der Waals surface area contributed by atoms with E-state index in [0.29, 0.717) is 23.8 Å². The first-order chi connectivity index (χ1) is 9.20. The van der Waals surface area contributed by atoms with Crippen LogP contribution in [0.5, 0.6) is 5.75 Å². The molecule has 2 heterocycles. The first-order valence-electron chi connectivity index (χ1n) is 6.25. The summed E-state index contributed by atoms with van der Waals surface area (Å²) in [4.78, 5) is 15.6. The van der Waals surface area contributed by atoms with Crippen molar-refractivity contribution < 1.29 is 19.0 Å². The van der Waals surface area contributed by atoms with Gasteiger partial charge in [-0.15, -0.1) is 0 Å². The summed E-state index contributed by atoms with van der Waals surface area (Å²) in [6.45, 7) is 2.06. The summed E-state index contributed by atoms with van der Waals surface area (Å²) in [6, 6.07) is 1.46. The molecule has 1 fully saturated rings. The number of hydrogen-bond donors (Lipinski definition) is 1. The number of pyridine rings is 1. The molecule has 0 aliphatic carbocycles. The smallest absolute Gasteiger partial charge is 0.341 e. The van der Waals surface area contributed by atoms with Crippen LogP contribution >= 0.6 is 0 Å². The van der Waals surface area contributed by atoms with E-state index >= 15 is 0 Å². The Morgan fingerprint density at radius 1 is 1.53 bits per heavy atom. The number of carbonyl (C=O) groups excluding carboxylic acids is 1. The third kappa shape index (κ3) is 3.57. The van der Waals surface area contributed by atoms with Crippen LogP contribution in [0.1, 0.15) is 23.2 Å². The largest absolute Gasteiger partial charge is 0.491 e. The summed E-state index contributed by atoms with van der Waals surface area (Å²) in [5.41, 5.74) is 5.88. The quantitative estimate of drug-likeness (QED) is 0.826. The molecular formula is C13H18N2O4. The van der Waals surface area contributed by atoms with Crippen LogP contribution in [0.25, 0.3) is 0 Å². The number of rotatable bonds is 4. The van der Waals surface area contributed by atoms with Crippen molar-refractivity contribution in [2.45, 2.75) is 12.8 Å². The maximum absolute atomic E-state index is 11.6. The molecule has 6 heteroatoms. The minimum atomic E-state index is -0.476. The number of nitrogens with two attached hydrogens (primary N) is 1. The minimum absolute atomic E-state index is 0.263. The van der Waals surface area contributed by atoms with Gasteiger partial charge in [-0.3, -0.25) is 0 Å². The van der Waals surface area contributed by atoms with Crippen molar-refractivity contribution in [3.8, 4) is 5.75 Å². The number of anilines is 1. The van der Waals surface area contributed by atoms with Crippen molar-refractivity contribution in [3.05, 3.63) is 17.8 Å². The van der Waals surface area contributed by atoms with Crippen LogP contribution in [0.4, 0.5) is 5.82 Å². The number of nitrogens with zero attached hydrogens (tertiary/aromatic N) is 1. The maximum Gasteiger partial charge on any atom is 0.341 e.